The van der Waals surface area contributed by atoms with E-state index in [1.54, 1.807) is 12.1 Å². The van der Waals surface area contributed by atoms with E-state index in [-0.39, 0.29) is 5.91 Å². The van der Waals surface area contributed by atoms with Gasteiger partial charge in [0, 0.05) is 0 Å². The van der Waals surface area contributed by atoms with Gasteiger partial charge in [-0.05, 0) is 11.6 Å². The molecule has 0 radical (unpaired) electrons. The van der Waals surface area contributed by atoms with Gasteiger partial charge < -0.3 is 5.73 Å². The minimum Gasteiger partial charge on any atom is -0.350 e. The van der Waals surface area contributed by atoms with E-state index in [4.69, 9.17) is 5.73 Å². The number of primary amides is 1. The van der Waals surface area contributed by atoms with Crippen molar-refractivity contribution in [2.24, 2.45) is 5.73 Å². The summed E-state index contributed by atoms with van der Waals surface area (Å²) in [6, 6.07) is 6.51. The number of nitrogens with zero attached hydrogens (tertiary/aromatic N) is 1. The van der Waals surface area contributed by atoms with Gasteiger partial charge in [0.2, 0.25) is 5.91 Å². The molecule has 0 spiro atoms. The fourth-order valence-corrected chi connectivity index (χ4v) is 1.49. The number of nitrogens with one attached hydrogen (secondary N) is 1. The largest absolute Gasteiger partial charge is 0.350 e. The average molecular weight is 191 g/mol. The van der Waals surface area contributed by atoms with Crippen molar-refractivity contribution in [1.82, 2.24) is 5.43 Å². The highest BCUT2D eigenvalue weighted by Crippen LogP contribution is 2.26. The number of hydrogen-bond acceptors (Lipinski definition) is 2. The number of fused-ring (bicyclic) bond motifs is 1. The van der Waals surface area contributed by atoms with E-state index in [0.29, 0.717) is 12.1 Å². The Hall–Kier alpha value is -2.04. The lowest BCUT2D eigenvalue weighted by molar-refractivity contribution is -0.117. The molecule has 0 aliphatic carbocycles. The van der Waals surface area contributed by atoms with Crippen LogP contribution < -0.4 is 16.2 Å². The zero-order chi connectivity index (χ0) is 10.1. The monoisotopic (exact) mass is 191 g/mol. The summed E-state index contributed by atoms with van der Waals surface area (Å²) < 4.78 is 0. The maximum absolute atomic E-state index is 11.4. The Balaban J connectivity index is 2.34. The highest BCUT2D eigenvalue weighted by Gasteiger charge is 2.27. The van der Waals surface area contributed by atoms with E-state index < -0.39 is 6.03 Å². The number of rotatable bonds is 1. The second kappa shape index (κ2) is 3.02. The van der Waals surface area contributed by atoms with Gasteiger partial charge in [-0.3, -0.25) is 4.79 Å². The summed E-state index contributed by atoms with van der Waals surface area (Å²) in [4.78, 5) is 22.1. The van der Waals surface area contributed by atoms with E-state index in [9.17, 15) is 9.59 Å². The fraction of sp³-hybridized carbons (Fsp3) is 0.111. The molecule has 0 unspecified atom stereocenters. The van der Waals surface area contributed by atoms with Crippen LogP contribution in [0.3, 0.4) is 0 Å². The van der Waals surface area contributed by atoms with Gasteiger partial charge in [0.25, 0.3) is 0 Å². The standard InChI is InChI=1S/C9H9N3O2/c10-9(14)11-12-7-4-2-1-3-6(7)5-8(12)13/h1-4H,5H2,(H3,10,11,14). The smallest absolute Gasteiger partial charge is 0.331 e. The average Bonchev–Trinajstić information content (AvgIpc) is 2.43. The Kier molecular flexibility index (Phi) is 1.85. The van der Waals surface area contributed by atoms with Crippen molar-refractivity contribution in [2.45, 2.75) is 6.42 Å². The molecule has 72 valence electrons. The minimum atomic E-state index is -0.741. The van der Waals surface area contributed by atoms with Gasteiger partial charge in [0.05, 0.1) is 12.1 Å². The van der Waals surface area contributed by atoms with Crippen molar-refractivity contribution in [1.29, 1.82) is 0 Å². The van der Waals surface area contributed by atoms with Gasteiger partial charge in [0.15, 0.2) is 0 Å². The van der Waals surface area contributed by atoms with Gasteiger partial charge >= 0.3 is 6.03 Å². The first-order valence-corrected chi connectivity index (χ1v) is 4.15. The van der Waals surface area contributed by atoms with Crippen LogP contribution in [0.1, 0.15) is 5.56 Å². The van der Waals surface area contributed by atoms with E-state index in [2.05, 4.69) is 5.43 Å². The molecule has 2 rings (SSSR count). The molecule has 0 saturated heterocycles. The number of carbonyl (C=O) groups is 2. The molecule has 0 bridgehead atoms. The predicted molar refractivity (Wildman–Crippen MR) is 50.4 cm³/mol. The van der Waals surface area contributed by atoms with Crippen molar-refractivity contribution >= 4 is 17.6 Å². The molecule has 1 aliphatic rings. The van der Waals surface area contributed by atoms with Gasteiger partial charge in [0.1, 0.15) is 0 Å². The van der Waals surface area contributed by atoms with Gasteiger partial charge in [-0.2, -0.15) is 0 Å². The van der Waals surface area contributed by atoms with Crippen molar-refractivity contribution in [3.63, 3.8) is 0 Å². The van der Waals surface area contributed by atoms with Crippen molar-refractivity contribution < 1.29 is 9.59 Å². The van der Waals surface area contributed by atoms with Gasteiger partial charge in [-0.25, -0.2) is 15.2 Å². The summed E-state index contributed by atoms with van der Waals surface area (Å²) in [5, 5.41) is 1.18. The molecule has 1 aromatic carbocycles. The molecule has 3 amide bonds. The Labute approximate surface area is 80.5 Å². The topological polar surface area (TPSA) is 75.4 Å². The number of anilines is 1. The molecular weight excluding hydrogens is 182 g/mol. The van der Waals surface area contributed by atoms with E-state index in [1.807, 2.05) is 12.1 Å². The summed E-state index contributed by atoms with van der Waals surface area (Å²) in [6.45, 7) is 0. The summed E-state index contributed by atoms with van der Waals surface area (Å²) in [5.74, 6) is -0.176. The zero-order valence-corrected chi connectivity index (χ0v) is 7.36. The number of hydrogen-bond donors (Lipinski definition) is 2. The first kappa shape index (κ1) is 8.55. The third-order valence-corrected chi connectivity index (χ3v) is 2.05. The maximum atomic E-state index is 11.4. The number of nitrogens with two attached hydrogens (primary N) is 1. The minimum absolute atomic E-state index is 0.176. The molecule has 14 heavy (non-hydrogen) atoms. The highest BCUT2D eigenvalue weighted by atomic mass is 16.2. The second-order valence-corrected chi connectivity index (χ2v) is 3.01. The molecule has 1 heterocycles. The second-order valence-electron chi connectivity index (χ2n) is 3.01. The molecule has 0 fully saturated rings. The van der Waals surface area contributed by atoms with Crippen molar-refractivity contribution in [3.05, 3.63) is 29.8 Å². The zero-order valence-electron chi connectivity index (χ0n) is 7.36. The van der Waals surface area contributed by atoms with Crippen LogP contribution in [0.25, 0.3) is 0 Å². The maximum Gasteiger partial charge on any atom is 0.331 e. The lowest BCUT2D eigenvalue weighted by Crippen LogP contribution is -2.46. The summed E-state index contributed by atoms with van der Waals surface area (Å²) in [5.41, 5.74) is 8.80. The van der Waals surface area contributed by atoms with Gasteiger partial charge in [-0.15, -0.1) is 0 Å². The molecule has 0 atom stereocenters. The van der Waals surface area contributed by atoms with Gasteiger partial charge in [-0.1, -0.05) is 18.2 Å². The lowest BCUT2D eigenvalue weighted by Gasteiger charge is -2.16. The SMILES string of the molecule is NC(=O)NN1C(=O)Cc2ccccc21. The number of para-hydroxylation sites is 1. The first-order valence-electron chi connectivity index (χ1n) is 4.15. The number of carbonyl (C=O) groups excluding carboxylic acids is 2. The van der Waals surface area contributed by atoms with Crippen LogP contribution in [-0.2, 0) is 11.2 Å². The van der Waals surface area contributed by atoms with Crippen molar-refractivity contribution in [3.8, 4) is 0 Å². The molecule has 5 nitrogen and oxygen atoms in total. The van der Waals surface area contributed by atoms with Crippen molar-refractivity contribution in [2.75, 3.05) is 5.01 Å². The lowest BCUT2D eigenvalue weighted by atomic mass is 10.2. The Morgan fingerprint density at radius 1 is 1.43 bits per heavy atom. The summed E-state index contributed by atoms with van der Waals surface area (Å²) >= 11 is 0. The van der Waals surface area contributed by atoms with Crippen LogP contribution in [0.5, 0.6) is 0 Å². The third-order valence-electron chi connectivity index (χ3n) is 2.05. The first-order chi connectivity index (χ1) is 6.68. The van der Waals surface area contributed by atoms with E-state index in [1.165, 1.54) is 5.01 Å². The quantitative estimate of drug-likeness (QED) is 0.663. The normalized spacial score (nSPS) is 14.0. The van der Waals surface area contributed by atoms with Crippen LogP contribution in [-0.4, -0.2) is 11.9 Å². The fourth-order valence-electron chi connectivity index (χ4n) is 1.49. The molecule has 0 aromatic heterocycles. The highest BCUT2D eigenvalue weighted by molar-refractivity contribution is 6.02. The molecule has 1 aliphatic heterocycles. The van der Waals surface area contributed by atoms with Crippen LogP contribution in [0.15, 0.2) is 24.3 Å². The molecule has 3 N–H and O–H groups in total. The van der Waals surface area contributed by atoms with Crippen LogP contribution in [0.4, 0.5) is 10.5 Å². The Morgan fingerprint density at radius 3 is 2.86 bits per heavy atom. The number of hydrazine groups is 1. The Morgan fingerprint density at radius 2 is 2.14 bits per heavy atom. The number of amides is 3. The van der Waals surface area contributed by atoms with Crippen LogP contribution in [0.2, 0.25) is 0 Å². The van der Waals surface area contributed by atoms with E-state index >= 15 is 0 Å². The Bertz CT molecular complexity index is 403. The summed E-state index contributed by atoms with van der Waals surface area (Å²) in [7, 11) is 0. The van der Waals surface area contributed by atoms with E-state index in [0.717, 1.165) is 5.56 Å². The number of benzene rings is 1. The predicted octanol–water partition coefficient (Wildman–Crippen LogP) is 0.159. The number of urea groups is 1. The molecule has 5 heteroatoms. The van der Waals surface area contributed by atoms with Crippen LogP contribution >= 0.6 is 0 Å². The molecule has 0 saturated carbocycles. The molecular formula is C9H9N3O2. The molecule has 1 aromatic rings. The third kappa shape index (κ3) is 1.28. The van der Waals surface area contributed by atoms with Crippen LogP contribution in [0, 0.1) is 0 Å². The summed E-state index contributed by atoms with van der Waals surface area (Å²) in [6.07, 6.45) is 0.302.